The molecule has 8 nitrogen and oxygen atoms in total. The van der Waals surface area contributed by atoms with Gasteiger partial charge in [0, 0.05) is 6.07 Å². The van der Waals surface area contributed by atoms with Gasteiger partial charge in [-0.1, -0.05) is 29.6 Å². The molecular formula is C17H20N6O2. The number of hydrogen-bond acceptors (Lipinski definition) is 6. The molecular weight excluding hydrogens is 320 g/mol. The van der Waals surface area contributed by atoms with Crippen LogP contribution < -0.4 is 5.32 Å². The van der Waals surface area contributed by atoms with Crippen molar-refractivity contribution in [3.05, 3.63) is 29.9 Å². The van der Waals surface area contributed by atoms with Crippen molar-refractivity contribution in [1.82, 2.24) is 25.5 Å². The molecule has 2 aliphatic rings. The third kappa shape index (κ3) is 3.02. The number of rotatable bonds is 5. The molecule has 4 rings (SSSR count). The summed E-state index contributed by atoms with van der Waals surface area (Å²) in [6.07, 6.45) is 10.5. The van der Waals surface area contributed by atoms with Crippen LogP contribution in [0.25, 0.3) is 0 Å². The average molecular weight is 340 g/mol. The summed E-state index contributed by atoms with van der Waals surface area (Å²) in [4.78, 5) is 12.5. The van der Waals surface area contributed by atoms with E-state index >= 15 is 0 Å². The molecule has 8 heteroatoms. The minimum atomic E-state index is -0.544. The highest BCUT2D eigenvalue weighted by Crippen LogP contribution is 2.42. The number of nitrogens with zero attached hydrogens (tertiary/aromatic N) is 5. The highest BCUT2D eigenvalue weighted by Gasteiger charge is 2.47. The summed E-state index contributed by atoms with van der Waals surface area (Å²) < 4.78 is 6.61. The summed E-state index contributed by atoms with van der Waals surface area (Å²) in [6.45, 7) is 0. The van der Waals surface area contributed by atoms with Crippen molar-refractivity contribution in [2.75, 3.05) is 0 Å². The molecule has 2 aromatic rings. The molecule has 2 aliphatic carbocycles. The molecule has 2 fully saturated rings. The summed E-state index contributed by atoms with van der Waals surface area (Å²) in [7, 11) is 0. The van der Waals surface area contributed by atoms with Gasteiger partial charge < -0.3 is 9.84 Å². The average Bonchev–Trinajstić information content (AvgIpc) is 3.05. The third-order valence-corrected chi connectivity index (χ3v) is 5.27. The monoisotopic (exact) mass is 340 g/mol. The molecule has 2 aromatic heterocycles. The van der Waals surface area contributed by atoms with Crippen LogP contribution in [0.2, 0.25) is 0 Å². The van der Waals surface area contributed by atoms with Crippen LogP contribution in [0.15, 0.2) is 23.0 Å². The lowest BCUT2D eigenvalue weighted by Gasteiger charge is -2.29. The molecule has 0 unspecified atom stereocenters. The molecule has 1 N–H and O–H groups in total. The van der Waals surface area contributed by atoms with Crippen LogP contribution in [0.5, 0.6) is 0 Å². The maximum Gasteiger partial charge on any atom is 0.290 e. The van der Waals surface area contributed by atoms with Crippen LogP contribution in [0.4, 0.5) is 0 Å². The summed E-state index contributed by atoms with van der Waals surface area (Å²) in [5.74, 6) is 0.191. The molecule has 2 heterocycles. The van der Waals surface area contributed by atoms with Crippen molar-refractivity contribution in [2.24, 2.45) is 5.92 Å². The first-order valence-electron chi connectivity index (χ1n) is 8.77. The van der Waals surface area contributed by atoms with E-state index in [1.807, 2.05) is 6.20 Å². The standard InChI is InChI=1S/C17H20N6O2/c18-11-17(7-8-17)23-10-13(21-22-23)15(12-4-2-1-3-5-12)20-16(24)14-6-9-19-25-14/h6,9-10,12,15H,1-5,7-8H2,(H,20,24)/t15-/m1/s1. The predicted molar refractivity (Wildman–Crippen MR) is 86.1 cm³/mol. The first-order valence-corrected chi connectivity index (χ1v) is 8.77. The Balaban J connectivity index is 1.59. The Morgan fingerprint density at radius 2 is 2.20 bits per heavy atom. The molecule has 0 saturated heterocycles. The van der Waals surface area contributed by atoms with E-state index in [2.05, 4.69) is 26.9 Å². The zero-order valence-electron chi connectivity index (χ0n) is 13.9. The van der Waals surface area contributed by atoms with Crippen LogP contribution >= 0.6 is 0 Å². The minimum Gasteiger partial charge on any atom is -0.351 e. The van der Waals surface area contributed by atoms with E-state index in [0.29, 0.717) is 11.6 Å². The Morgan fingerprint density at radius 1 is 1.40 bits per heavy atom. The summed E-state index contributed by atoms with van der Waals surface area (Å²) in [5, 5.41) is 24.4. The highest BCUT2D eigenvalue weighted by atomic mass is 16.5. The minimum absolute atomic E-state index is 0.184. The molecule has 0 aromatic carbocycles. The Bertz CT molecular complexity index is 780. The Morgan fingerprint density at radius 3 is 2.84 bits per heavy atom. The van der Waals surface area contributed by atoms with Crippen LogP contribution in [0, 0.1) is 17.2 Å². The van der Waals surface area contributed by atoms with E-state index < -0.39 is 5.54 Å². The number of nitrogens with one attached hydrogen (secondary N) is 1. The summed E-state index contributed by atoms with van der Waals surface area (Å²) in [6, 6.07) is 3.62. The Labute approximate surface area is 145 Å². The molecule has 0 bridgehead atoms. The second-order valence-electron chi connectivity index (χ2n) is 6.96. The number of amides is 1. The van der Waals surface area contributed by atoms with E-state index in [0.717, 1.165) is 38.5 Å². The van der Waals surface area contributed by atoms with E-state index in [4.69, 9.17) is 4.52 Å². The first kappa shape index (κ1) is 15.8. The molecule has 0 spiro atoms. The fourth-order valence-electron chi connectivity index (χ4n) is 3.59. The van der Waals surface area contributed by atoms with Crippen molar-refractivity contribution in [3.8, 4) is 6.07 Å². The van der Waals surface area contributed by atoms with Gasteiger partial charge >= 0.3 is 0 Å². The van der Waals surface area contributed by atoms with E-state index in [1.165, 1.54) is 12.6 Å². The van der Waals surface area contributed by atoms with Gasteiger partial charge in [-0.2, -0.15) is 5.26 Å². The lowest BCUT2D eigenvalue weighted by atomic mass is 9.82. The van der Waals surface area contributed by atoms with Gasteiger partial charge in [0.1, 0.15) is 5.69 Å². The topological polar surface area (TPSA) is 110 Å². The van der Waals surface area contributed by atoms with Crippen molar-refractivity contribution in [2.45, 2.75) is 56.5 Å². The van der Waals surface area contributed by atoms with Crippen LogP contribution in [0.1, 0.15) is 67.2 Å². The lowest BCUT2D eigenvalue weighted by molar-refractivity contribution is 0.0873. The third-order valence-electron chi connectivity index (χ3n) is 5.27. The second-order valence-corrected chi connectivity index (χ2v) is 6.96. The lowest BCUT2D eigenvalue weighted by Crippen LogP contribution is -2.34. The van der Waals surface area contributed by atoms with Crippen LogP contribution in [-0.2, 0) is 5.54 Å². The van der Waals surface area contributed by atoms with Gasteiger partial charge in [0.25, 0.3) is 5.91 Å². The Hall–Kier alpha value is -2.69. The summed E-state index contributed by atoms with van der Waals surface area (Å²) in [5.41, 5.74) is 0.165. The number of aromatic nitrogens is 4. The van der Waals surface area contributed by atoms with Crippen molar-refractivity contribution in [3.63, 3.8) is 0 Å². The van der Waals surface area contributed by atoms with E-state index in [-0.39, 0.29) is 17.7 Å². The predicted octanol–water partition coefficient (Wildman–Crippen LogP) is 2.33. The molecule has 0 aliphatic heterocycles. The van der Waals surface area contributed by atoms with Crippen molar-refractivity contribution >= 4 is 5.91 Å². The van der Waals surface area contributed by atoms with Crippen molar-refractivity contribution < 1.29 is 9.32 Å². The van der Waals surface area contributed by atoms with Gasteiger partial charge in [0.15, 0.2) is 5.54 Å². The zero-order valence-corrected chi connectivity index (χ0v) is 13.9. The van der Waals surface area contributed by atoms with E-state index in [1.54, 1.807) is 10.7 Å². The molecule has 1 amide bonds. The molecule has 1 atom stereocenters. The smallest absolute Gasteiger partial charge is 0.290 e. The fourth-order valence-corrected chi connectivity index (χ4v) is 3.59. The molecule has 25 heavy (non-hydrogen) atoms. The second kappa shape index (κ2) is 6.31. The number of carbonyl (C=O) groups is 1. The first-order chi connectivity index (χ1) is 12.2. The molecule has 130 valence electrons. The number of carbonyl (C=O) groups excluding carboxylic acids is 1. The zero-order chi connectivity index (χ0) is 17.3. The highest BCUT2D eigenvalue weighted by molar-refractivity contribution is 5.91. The van der Waals surface area contributed by atoms with Gasteiger partial charge in [-0.25, -0.2) is 4.68 Å². The largest absolute Gasteiger partial charge is 0.351 e. The molecule has 2 saturated carbocycles. The fraction of sp³-hybridized carbons (Fsp3) is 0.588. The summed E-state index contributed by atoms with van der Waals surface area (Å²) >= 11 is 0. The normalized spacial score (nSPS) is 20.6. The number of hydrogen-bond donors (Lipinski definition) is 1. The van der Waals surface area contributed by atoms with Gasteiger partial charge in [0.05, 0.1) is 24.5 Å². The molecule has 0 radical (unpaired) electrons. The SMILES string of the molecule is N#CC1(n2cc([C@H](NC(=O)c3ccno3)C3CCCCC3)nn2)CC1. The number of nitriles is 1. The van der Waals surface area contributed by atoms with Crippen LogP contribution in [0.3, 0.4) is 0 Å². The Kier molecular flexibility index (Phi) is 3.99. The van der Waals surface area contributed by atoms with Gasteiger partial charge in [0.2, 0.25) is 5.76 Å². The maximum absolute atomic E-state index is 12.5. The van der Waals surface area contributed by atoms with Gasteiger partial charge in [-0.15, -0.1) is 5.10 Å². The van der Waals surface area contributed by atoms with Crippen molar-refractivity contribution in [1.29, 1.82) is 5.26 Å². The van der Waals surface area contributed by atoms with Gasteiger partial charge in [-0.05, 0) is 31.6 Å². The quantitative estimate of drug-likeness (QED) is 0.894. The van der Waals surface area contributed by atoms with Crippen LogP contribution in [-0.4, -0.2) is 26.1 Å². The van der Waals surface area contributed by atoms with Gasteiger partial charge in [-0.3, -0.25) is 4.79 Å². The van der Waals surface area contributed by atoms with E-state index in [9.17, 15) is 10.1 Å². The maximum atomic E-state index is 12.5.